The summed E-state index contributed by atoms with van der Waals surface area (Å²) in [5.74, 6) is 1.04. The van der Waals surface area contributed by atoms with Crippen LogP contribution in [0.1, 0.15) is 18.4 Å². The van der Waals surface area contributed by atoms with Gasteiger partial charge in [0.05, 0.1) is 24.5 Å². The van der Waals surface area contributed by atoms with Gasteiger partial charge in [0.15, 0.2) is 0 Å². The van der Waals surface area contributed by atoms with Gasteiger partial charge in [-0.25, -0.2) is 0 Å². The van der Waals surface area contributed by atoms with Crippen molar-refractivity contribution in [1.82, 2.24) is 0 Å². The monoisotopic (exact) mass is 310 g/mol. The molecule has 4 heteroatoms. The SMILES string of the molecule is Cc1cccc(OCCCCN2C(=O)CNc3ccccc32)c1. The Labute approximate surface area is 137 Å². The normalized spacial score (nSPS) is 13.4. The zero-order valence-electron chi connectivity index (χ0n) is 13.4. The van der Waals surface area contributed by atoms with Crippen LogP contribution in [-0.2, 0) is 4.79 Å². The molecule has 0 aromatic heterocycles. The Bertz CT molecular complexity index is 685. The number of para-hydroxylation sites is 2. The highest BCUT2D eigenvalue weighted by Gasteiger charge is 2.22. The molecule has 2 aromatic carbocycles. The Morgan fingerprint density at radius 1 is 1.13 bits per heavy atom. The fourth-order valence-corrected chi connectivity index (χ4v) is 2.77. The van der Waals surface area contributed by atoms with E-state index in [1.54, 1.807) is 0 Å². The van der Waals surface area contributed by atoms with Crippen LogP contribution in [0.2, 0.25) is 0 Å². The van der Waals surface area contributed by atoms with E-state index in [0.29, 0.717) is 13.2 Å². The van der Waals surface area contributed by atoms with E-state index in [0.717, 1.165) is 36.5 Å². The van der Waals surface area contributed by atoms with E-state index >= 15 is 0 Å². The van der Waals surface area contributed by atoms with Crippen LogP contribution in [0.15, 0.2) is 48.5 Å². The Balaban J connectivity index is 1.48. The maximum absolute atomic E-state index is 12.1. The van der Waals surface area contributed by atoms with Gasteiger partial charge in [0.2, 0.25) is 5.91 Å². The van der Waals surface area contributed by atoms with Crippen molar-refractivity contribution in [1.29, 1.82) is 0 Å². The van der Waals surface area contributed by atoms with E-state index in [9.17, 15) is 4.79 Å². The third kappa shape index (κ3) is 3.83. The van der Waals surface area contributed by atoms with E-state index in [2.05, 4.69) is 18.3 Å². The Morgan fingerprint density at radius 2 is 2.00 bits per heavy atom. The van der Waals surface area contributed by atoms with Crippen LogP contribution in [0.5, 0.6) is 5.75 Å². The Hall–Kier alpha value is -2.49. The van der Waals surface area contributed by atoms with Crippen molar-refractivity contribution in [2.75, 3.05) is 29.9 Å². The van der Waals surface area contributed by atoms with Crippen molar-refractivity contribution in [3.8, 4) is 5.75 Å². The molecule has 0 fully saturated rings. The summed E-state index contributed by atoms with van der Waals surface area (Å²) >= 11 is 0. The topological polar surface area (TPSA) is 41.6 Å². The van der Waals surface area contributed by atoms with E-state index in [-0.39, 0.29) is 5.91 Å². The predicted octanol–water partition coefficient (Wildman–Crippen LogP) is 3.61. The lowest BCUT2D eigenvalue weighted by Gasteiger charge is -2.30. The molecule has 2 aromatic rings. The van der Waals surface area contributed by atoms with Crippen molar-refractivity contribution in [2.45, 2.75) is 19.8 Å². The average molecular weight is 310 g/mol. The number of nitrogens with one attached hydrogen (secondary N) is 1. The van der Waals surface area contributed by atoms with Gasteiger partial charge in [-0.2, -0.15) is 0 Å². The van der Waals surface area contributed by atoms with Crippen molar-refractivity contribution in [2.24, 2.45) is 0 Å². The van der Waals surface area contributed by atoms with Gasteiger partial charge in [0, 0.05) is 6.54 Å². The number of aryl methyl sites for hydroxylation is 1. The molecule has 0 bridgehead atoms. The molecule has 0 unspecified atom stereocenters. The first-order valence-electron chi connectivity index (χ1n) is 8.07. The Kier molecular flexibility index (Phi) is 4.81. The molecule has 1 amide bonds. The lowest BCUT2D eigenvalue weighted by atomic mass is 10.1. The molecule has 0 atom stereocenters. The summed E-state index contributed by atoms with van der Waals surface area (Å²) in [7, 11) is 0. The van der Waals surface area contributed by atoms with Crippen LogP contribution in [-0.4, -0.2) is 25.6 Å². The van der Waals surface area contributed by atoms with Crippen molar-refractivity contribution >= 4 is 17.3 Å². The van der Waals surface area contributed by atoms with Crippen molar-refractivity contribution < 1.29 is 9.53 Å². The largest absolute Gasteiger partial charge is 0.494 e. The van der Waals surface area contributed by atoms with Crippen LogP contribution in [0.25, 0.3) is 0 Å². The molecule has 0 saturated heterocycles. The Morgan fingerprint density at radius 3 is 2.87 bits per heavy atom. The molecule has 1 N–H and O–H groups in total. The van der Waals surface area contributed by atoms with E-state index in [1.807, 2.05) is 47.4 Å². The van der Waals surface area contributed by atoms with E-state index in [1.165, 1.54) is 5.56 Å². The molecule has 0 aliphatic carbocycles. The number of unbranched alkanes of at least 4 members (excludes halogenated alkanes) is 1. The third-order valence-corrected chi connectivity index (χ3v) is 3.96. The smallest absolute Gasteiger partial charge is 0.246 e. The number of benzene rings is 2. The van der Waals surface area contributed by atoms with Gasteiger partial charge < -0.3 is 15.0 Å². The first-order valence-corrected chi connectivity index (χ1v) is 8.07. The summed E-state index contributed by atoms with van der Waals surface area (Å²) in [5, 5.41) is 3.15. The molecule has 1 heterocycles. The highest BCUT2D eigenvalue weighted by atomic mass is 16.5. The summed E-state index contributed by atoms with van der Waals surface area (Å²) in [4.78, 5) is 14.0. The molecule has 120 valence electrons. The van der Waals surface area contributed by atoms with Crippen LogP contribution in [0.3, 0.4) is 0 Å². The minimum Gasteiger partial charge on any atom is -0.494 e. The number of nitrogens with zero attached hydrogens (tertiary/aromatic N) is 1. The standard InChI is InChI=1S/C19H22N2O2/c1-15-7-6-8-16(13-15)23-12-5-4-11-21-18-10-3-2-9-17(18)20-14-19(21)22/h2-3,6-10,13,20H,4-5,11-12,14H2,1H3. The van der Waals surface area contributed by atoms with Gasteiger partial charge >= 0.3 is 0 Å². The van der Waals surface area contributed by atoms with Crippen LogP contribution in [0, 0.1) is 6.92 Å². The van der Waals surface area contributed by atoms with E-state index < -0.39 is 0 Å². The highest BCUT2D eigenvalue weighted by Crippen LogP contribution is 2.29. The van der Waals surface area contributed by atoms with Gasteiger partial charge in [-0.1, -0.05) is 24.3 Å². The number of amides is 1. The molecular formula is C19H22N2O2. The number of carbonyl (C=O) groups excluding carboxylic acids is 1. The summed E-state index contributed by atoms with van der Waals surface area (Å²) in [6.45, 7) is 3.83. The predicted molar refractivity (Wildman–Crippen MR) is 93.2 cm³/mol. The lowest BCUT2D eigenvalue weighted by Crippen LogP contribution is -2.40. The number of hydrogen-bond acceptors (Lipinski definition) is 3. The highest BCUT2D eigenvalue weighted by molar-refractivity contribution is 6.02. The first kappa shape index (κ1) is 15.4. The fraction of sp³-hybridized carbons (Fsp3) is 0.316. The van der Waals surface area contributed by atoms with Gasteiger partial charge in [-0.15, -0.1) is 0 Å². The maximum atomic E-state index is 12.1. The number of hydrogen-bond donors (Lipinski definition) is 1. The van der Waals surface area contributed by atoms with Crippen LogP contribution < -0.4 is 15.0 Å². The zero-order valence-corrected chi connectivity index (χ0v) is 13.4. The van der Waals surface area contributed by atoms with Gasteiger partial charge in [-0.05, 0) is 49.6 Å². The fourth-order valence-electron chi connectivity index (χ4n) is 2.77. The quantitative estimate of drug-likeness (QED) is 0.829. The number of rotatable bonds is 6. The number of ether oxygens (including phenoxy) is 1. The molecule has 0 saturated carbocycles. The van der Waals surface area contributed by atoms with Gasteiger partial charge in [-0.3, -0.25) is 4.79 Å². The summed E-state index contributed by atoms with van der Waals surface area (Å²) in [6, 6.07) is 16.0. The van der Waals surface area contributed by atoms with Crippen molar-refractivity contribution in [3.05, 3.63) is 54.1 Å². The molecule has 0 spiro atoms. The second-order valence-electron chi connectivity index (χ2n) is 5.79. The zero-order chi connectivity index (χ0) is 16.1. The summed E-state index contributed by atoms with van der Waals surface area (Å²) in [6.07, 6.45) is 1.85. The first-order chi connectivity index (χ1) is 11.2. The molecular weight excluding hydrogens is 288 g/mol. The summed E-state index contributed by atoms with van der Waals surface area (Å²) in [5.41, 5.74) is 3.21. The maximum Gasteiger partial charge on any atom is 0.246 e. The lowest BCUT2D eigenvalue weighted by molar-refractivity contribution is -0.117. The van der Waals surface area contributed by atoms with Crippen LogP contribution >= 0.6 is 0 Å². The van der Waals surface area contributed by atoms with Gasteiger partial charge in [0.1, 0.15) is 5.75 Å². The molecule has 3 rings (SSSR count). The average Bonchev–Trinajstić information content (AvgIpc) is 2.56. The minimum absolute atomic E-state index is 0.128. The van der Waals surface area contributed by atoms with Crippen LogP contribution in [0.4, 0.5) is 11.4 Å². The molecule has 23 heavy (non-hydrogen) atoms. The molecule has 4 nitrogen and oxygen atoms in total. The molecule has 0 radical (unpaired) electrons. The molecule has 1 aliphatic heterocycles. The molecule has 1 aliphatic rings. The van der Waals surface area contributed by atoms with E-state index in [4.69, 9.17) is 4.74 Å². The summed E-state index contributed by atoms with van der Waals surface area (Å²) < 4.78 is 5.76. The van der Waals surface area contributed by atoms with Gasteiger partial charge in [0.25, 0.3) is 0 Å². The van der Waals surface area contributed by atoms with Crippen molar-refractivity contribution in [3.63, 3.8) is 0 Å². The number of fused-ring (bicyclic) bond motifs is 1. The minimum atomic E-state index is 0.128. The third-order valence-electron chi connectivity index (χ3n) is 3.96. The number of carbonyl (C=O) groups is 1. The second-order valence-corrected chi connectivity index (χ2v) is 5.79. The number of anilines is 2. The second kappa shape index (κ2) is 7.18.